The van der Waals surface area contributed by atoms with E-state index in [-0.39, 0.29) is 5.91 Å². The van der Waals surface area contributed by atoms with Gasteiger partial charge in [0.1, 0.15) is 6.33 Å². The van der Waals surface area contributed by atoms with Gasteiger partial charge in [0.15, 0.2) is 0 Å². The Labute approximate surface area is 165 Å². The third-order valence-electron chi connectivity index (χ3n) is 5.34. The highest BCUT2D eigenvalue weighted by molar-refractivity contribution is 5.90. The number of hydrogen-bond acceptors (Lipinski definition) is 3. The number of hydrogen-bond donors (Lipinski definition) is 1. The summed E-state index contributed by atoms with van der Waals surface area (Å²) in [5.74, 6) is -0.130. The first-order valence-corrected chi connectivity index (χ1v) is 9.10. The first-order valence-electron chi connectivity index (χ1n) is 9.10. The Balaban J connectivity index is 1.79. The Morgan fingerprint density at radius 1 is 1.07 bits per heavy atom. The van der Waals surface area contributed by atoms with Gasteiger partial charge in [-0.15, -0.1) is 0 Å². The standard InChI is InChI=1S/C22H18F3N3O/c1-21(9-14-10-26-13-27-11-14)19-8-16(5-6-17(19)12-28-20(21)29)15-3-2-4-18(7-15)22(23,24)25/h2-8,10-11,13H,9,12H2,1H3,(H,28,29)/t21-/m1/s1. The van der Waals surface area contributed by atoms with Crippen molar-refractivity contribution in [2.24, 2.45) is 0 Å². The summed E-state index contributed by atoms with van der Waals surface area (Å²) in [6, 6.07) is 10.7. The van der Waals surface area contributed by atoms with Gasteiger partial charge in [-0.1, -0.05) is 24.3 Å². The highest BCUT2D eigenvalue weighted by Crippen LogP contribution is 2.38. The van der Waals surface area contributed by atoms with Crippen molar-refractivity contribution >= 4 is 5.91 Å². The second kappa shape index (κ2) is 6.99. The molecule has 0 unspecified atom stereocenters. The number of carbonyl (C=O) groups excluding carboxylic acids is 1. The smallest absolute Gasteiger partial charge is 0.351 e. The lowest BCUT2D eigenvalue weighted by molar-refractivity contribution is -0.137. The molecule has 1 amide bonds. The van der Waals surface area contributed by atoms with Crippen molar-refractivity contribution in [3.63, 3.8) is 0 Å². The predicted octanol–water partition coefficient (Wildman–Crippen LogP) is 4.29. The molecule has 29 heavy (non-hydrogen) atoms. The quantitative estimate of drug-likeness (QED) is 0.717. The number of carbonyl (C=O) groups is 1. The number of nitrogens with one attached hydrogen (secondary N) is 1. The third-order valence-corrected chi connectivity index (χ3v) is 5.34. The lowest BCUT2D eigenvalue weighted by Crippen LogP contribution is -2.48. The van der Waals surface area contributed by atoms with Crippen molar-refractivity contribution in [2.75, 3.05) is 0 Å². The Bertz CT molecular complexity index is 1070. The summed E-state index contributed by atoms with van der Waals surface area (Å²) in [6.45, 7) is 2.22. The van der Waals surface area contributed by atoms with Crippen LogP contribution in [0.5, 0.6) is 0 Å². The van der Waals surface area contributed by atoms with Crippen LogP contribution in [0.3, 0.4) is 0 Å². The van der Waals surface area contributed by atoms with Gasteiger partial charge in [0.05, 0.1) is 11.0 Å². The van der Waals surface area contributed by atoms with Gasteiger partial charge in [-0.2, -0.15) is 13.2 Å². The van der Waals surface area contributed by atoms with Gasteiger partial charge in [-0.3, -0.25) is 4.79 Å². The lowest BCUT2D eigenvalue weighted by atomic mass is 9.72. The Morgan fingerprint density at radius 2 is 1.79 bits per heavy atom. The van der Waals surface area contributed by atoms with E-state index in [1.165, 1.54) is 12.4 Å². The first-order chi connectivity index (χ1) is 13.8. The van der Waals surface area contributed by atoms with E-state index in [9.17, 15) is 18.0 Å². The molecule has 2 aromatic carbocycles. The minimum atomic E-state index is -4.41. The second-order valence-electron chi connectivity index (χ2n) is 7.39. The molecule has 148 valence electrons. The van der Waals surface area contributed by atoms with Crippen LogP contribution in [0.4, 0.5) is 13.2 Å². The van der Waals surface area contributed by atoms with Gasteiger partial charge in [0, 0.05) is 18.9 Å². The molecular formula is C22H18F3N3O. The van der Waals surface area contributed by atoms with E-state index < -0.39 is 17.2 Å². The fourth-order valence-electron chi connectivity index (χ4n) is 3.80. The number of halogens is 3. The molecule has 0 bridgehead atoms. The lowest BCUT2D eigenvalue weighted by Gasteiger charge is -2.35. The maximum atomic E-state index is 13.1. The maximum absolute atomic E-state index is 13.1. The van der Waals surface area contributed by atoms with E-state index in [1.807, 2.05) is 19.1 Å². The molecule has 4 rings (SSSR count). The Morgan fingerprint density at radius 3 is 2.52 bits per heavy atom. The summed E-state index contributed by atoms with van der Waals surface area (Å²) in [7, 11) is 0. The minimum absolute atomic E-state index is 0.130. The molecule has 4 nitrogen and oxygen atoms in total. The van der Waals surface area contributed by atoms with Gasteiger partial charge >= 0.3 is 6.18 Å². The van der Waals surface area contributed by atoms with Crippen molar-refractivity contribution in [2.45, 2.75) is 31.5 Å². The molecule has 7 heteroatoms. The van der Waals surface area contributed by atoms with E-state index >= 15 is 0 Å². The van der Waals surface area contributed by atoms with Crippen LogP contribution in [0.15, 0.2) is 61.2 Å². The summed E-state index contributed by atoms with van der Waals surface area (Å²) < 4.78 is 39.3. The van der Waals surface area contributed by atoms with Crippen molar-refractivity contribution in [3.8, 4) is 11.1 Å². The molecule has 1 aromatic heterocycles. The number of rotatable bonds is 3. The van der Waals surface area contributed by atoms with E-state index in [0.29, 0.717) is 24.1 Å². The van der Waals surface area contributed by atoms with Crippen LogP contribution in [-0.2, 0) is 29.4 Å². The zero-order valence-corrected chi connectivity index (χ0v) is 15.6. The molecule has 0 radical (unpaired) electrons. The summed E-state index contributed by atoms with van der Waals surface area (Å²) >= 11 is 0. The maximum Gasteiger partial charge on any atom is 0.416 e. The van der Waals surface area contributed by atoms with Gasteiger partial charge in [0.2, 0.25) is 5.91 Å². The summed E-state index contributed by atoms with van der Waals surface area (Å²) in [4.78, 5) is 20.8. The van der Waals surface area contributed by atoms with Crippen LogP contribution in [0.25, 0.3) is 11.1 Å². The molecule has 1 atom stereocenters. The van der Waals surface area contributed by atoms with Gasteiger partial charge in [0.25, 0.3) is 0 Å². The highest BCUT2D eigenvalue weighted by Gasteiger charge is 2.40. The second-order valence-corrected chi connectivity index (χ2v) is 7.39. The molecule has 1 aliphatic heterocycles. The summed E-state index contributed by atoms with van der Waals surface area (Å²) in [6.07, 6.45) is 0.726. The number of fused-ring (bicyclic) bond motifs is 1. The van der Waals surface area contributed by atoms with E-state index in [2.05, 4.69) is 15.3 Å². The third kappa shape index (κ3) is 3.60. The Kier molecular flexibility index (Phi) is 4.61. The average Bonchev–Trinajstić information content (AvgIpc) is 2.71. The largest absolute Gasteiger partial charge is 0.416 e. The minimum Gasteiger partial charge on any atom is -0.351 e. The Hall–Kier alpha value is -3.22. The van der Waals surface area contributed by atoms with E-state index in [0.717, 1.165) is 28.8 Å². The zero-order chi connectivity index (χ0) is 20.6. The van der Waals surface area contributed by atoms with Crippen LogP contribution in [-0.4, -0.2) is 15.9 Å². The molecule has 1 N–H and O–H groups in total. The van der Waals surface area contributed by atoms with Crippen molar-refractivity contribution in [3.05, 3.63) is 83.4 Å². The molecule has 0 saturated heterocycles. The number of alkyl halides is 3. The molecule has 3 aromatic rings. The highest BCUT2D eigenvalue weighted by atomic mass is 19.4. The molecule has 0 aliphatic carbocycles. The van der Waals surface area contributed by atoms with E-state index in [4.69, 9.17) is 0 Å². The normalized spacial score (nSPS) is 18.8. The van der Waals surface area contributed by atoms with Crippen LogP contribution in [0, 0.1) is 0 Å². The number of benzene rings is 2. The van der Waals surface area contributed by atoms with Crippen LogP contribution < -0.4 is 5.32 Å². The fourth-order valence-corrected chi connectivity index (χ4v) is 3.80. The zero-order valence-electron chi connectivity index (χ0n) is 15.6. The SMILES string of the molecule is C[C@]1(Cc2cncnc2)C(=O)NCc2ccc(-c3cccc(C(F)(F)F)c3)cc21. The topological polar surface area (TPSA) is 54.9 Å². The van der Waals surface area contributed by atoms with Crippen molar-refractivity contribution in [1.82, 2.24) is 15.3 Å². The molecule has 2 heterocycles. The van der Waals surface area contributed by atoms with E-state index in [1.54, 1.807) is 24.5 Å². The van der Waals surface area contributed by atoms with Crippen LogP contribution in [0.2, 0.25) is 0 Å². The fraction of sp³-hybridized carbons (Fsp3) is 0.227. The predicted molar refractivity (Wildman–Crippen MR) is 102 cm³/mol. The van der Waals surface area contributed by atoms with Crippen molar-refractivity contribution in [1.29, 1.82) is 0 Å². The van der Waals surface area contributed by atoms with Gasteiger partial charge in [-0.25, -0.2) is 9.97 Å². The molecule has 0 saturated carbocycles. The molecule has 0 fully saturated rings. The molecule has 0 spiro atoms. The van der Waals surface area contributed by atoms with Crippen molar-refractivity contribution < 1.29 is 18.0 Å². The monoisotopic (exact) mass is 397 g/mol. The first kappa shape index (κ1) is 19.1. The number of aromatic nitrogens is 2. The molecular weight excluding hydrogens is 379 g/mol. The number of nitrogens with zero attached hydrogens (tertiary/aromatic N) is 2. The van der Waals surface area contributed by atoms with Crippen LogP contribution in [0.1, 0.15) is 29.2 Å². The summed E-state index contributed by atoms with van der Waals surface area (Å²) in [5.41, 5.74) is 2.08. The van der Waals surface area contributed by atoms with Gasteiger partial charge < -0.3 is 5.32 Å². The summed E-state index contributed by atoms with van der Waals surface area (Å²) in [5, 5.41) is 2.91. The average molecular weight is 397 g/mol. The molecule has 1 aliphatic rings. The van der Waals surface area contributed by atoms with Gasteiger partial charge in [-0.05, 0) is 59.4 Å². The number of amides is 1. The van der Waals surface area contributed by atoms with Crippen LogP contribution >= 0.6 is 0 Å².